The van der Waals surface area contributed by atoms with Gasteiger partial charge < -0.3 is 33.2 Å². The Morgan fingerprint density at radius 3 is 1.48 bits per heavy atom. The molecule has 0 saturated carbocycles. The Morgan fingerprint density at radius 1 is 0.655 bits per heavy atom. The standard InChI is InChI=1S/C22H30O7/c1-23-15-21(25-3)27-13-17-7-5-9-19(11-17)29-20-10-6-8-18(12-20)14-28-22(26-4)16-24-2/h5-12,21-22H,13-16H2,1-4H3. The first kappa shape index (κ1) is 23.3. The fourth-order valence-corrected chi connectivity index (χ4v) is 2.55. The molecule has 2 aromatic carbocycles. The maximum atomic E-state index is 6.00. The molecule has 2 aromatic rings. The first-order chi connectivity index (χ1) is 14.2. The van der Waals surface area contributed by atoms with Crippen molar-refractivity contribution in [2.75, 3.05) is 41.7 Å². The summed E-state index contributed by atoms with van der Waals surface area (Å²) in [6.07, 6.45) is -0.814. The van der Waals surface area contributed by atoms with Gasteiger partial charge in [0, 0.05) is 28.4 Å². The van der Waals surface area contributed by atoms with E-state index in [4.69, 9.17) is 33.2 Å². The second kappa shape index (κ2) is 13.3. The Hall–Kier alpha value is -2.00. The molecule has 2 atom stereocenters. The highest BCUT2D eigenvalue weighted by atomic mass is 16.7. The van der Waals surface area contributed by atoms with Crippen molar-refractivity contribution in [2.45, 2.75) is 25.8 Å². The largest absolute Gasteiger partial charge is 0.457 e. The van der Waals surface area contributed by atoms with Crippen LogP contribution in [-0.2, 0) is 41.6 Å². The second-order valence-corrected chi connectivity index (χ2v) is 6.26. The fraction of sp³-hybridized carbons (Fsp3) is 0.455. The maximum Gasteiger partial charge on any atom is 0.180 e. The van der Waals surface area contributed by atoms with Gasteiger partial charge in [-0.15, -0.1) is 0 Å². The quantitative estimate of drug-likeness (QED) is 0.443. The molecule has 0 heterocycles. The maximum absolute atomic E-state index is 6.00. The minimum atomic E-state index is -0.407. The van der Waals surface area contributed by atoms with Crippen molar-refractivity contribution in [2.24, 2.45) is 0 Å². The monoisotopic (exact) mass is 406 g/mol. The minimum Gasteiger partial charge on any atom is -0.457 e. The zero-order valence-electron chi connectivity index (χ0n) is 17.5. The number of rotatable bonds is 14. The summed E-state index contributed by atoms with van der Waals surface area (Å²) in [4.78, 5) is 0. The van der Waals surface area contributed by atoms with E-state index in [1.54, 1.807) is 28.4 Å². The zero-order valence-corrected chi connectivity index (χ0v) is 17.5. The molecule has 0 aliphatic rings. The first-order valence-corrected chi connectivity index (χ1v) is 9.31. The lowest BCUT2D eigenvalue weighted by atomic mass is 10.2. The van der Waals surface area contributed by atoms with Crippen LogP contribution in [0.4, 0.5) is 0 Å². The predicted octanol–water partition coefficient (Wildman–Crippen LogP) is 3.75. The van der Waals surface area contributed by atoms with E-state index in [1.165, 1.54) is 0 Å². The topological polar surface area (TPSA) is 64.6 Å². The smallest absolute Gasteiger partial charge is 0.180 e. The van der Waals surface area contributed by atoms with Crippen LogP contribution in [0, 0.1) is 0 Å². The number of benzene rings is 2. The molecule has 0 aliphatic carbocycles. The fourth-order valence-electron chi connectivity index (χ4n) is 2.55. The lowest BCUT2D eigenvalue weighted by Crippen LogP contribution is -2.20. The van der Waals surface area contributed by atoms with Gasteiger partial charge in [-0.2, -0.15) is 0 Å². The van der Waals surface area contributed by atoms with Gasteiger partial charge in [0.1, 0.15) is 11.5 Å². The van der Waals surface area contributed by atoms with Gasteiger partial charge in [0.25, 0.3) is 0 Å². The summed E-state index contributed by atoms with van der Waals surface area (Å²) in [6.45, 7) is 1.53. The Labute approximate surface area is 172 Å². The molecule has 2 unspecified atom stereocenters. The second-order valence-electron chi connectivity index (χ2n) is 6.26. The molecule has 160 valence electrons. The molecule has 7 heteroatoms. The zero-order chi connectivity index (χ0) is 20.9. The summed E-state index contributed by atoms with van der Waals surface area (Å²) < 4.78 is 37.9. The van der Waals surface area contributed by atoms with Gasteiger partial charge >= 0.3 is 0 Å². The third kappa shape index (κ3) is 8.49. The molecule has 0 radical (unpaired) electrons. The molecule has 7 nitrogen and oxygen atoms in total. The molecule has 0 aromatic heterocycles. The summed E-state index contributed by atoms with van der Waals surface area (Å²) in [7, 11) is 6.39. The molecule has 0 spiro atoms. The Bertz CT molecular complexity index is 648. The minimum absolute atomic E-state index is 0.371. The Kier molecular flexibility index (Phi) is 10.6. The third-order valence-corrected chi connectivity index (χ3v) is 4.04. The number of methoxy groups -OCH3 is 4. The van der Waals surface area contributed by atoms with Gasteiger partial charge in [-0.05, 0) is 35.4 Å². The van der Waals surface area contributed by atoms with Gasteiger partial charge in [0.05, 0.1) is 26.4 Å². The van der Waals surface area contributed by atoms with Crippen LogP contribution >= 0.6 is 0 Å². The van der Waals surface area contributed by atoms with Crippen LogP contribution in [0.15, 0.2) is 48.5 Å². The molecule has 0 aliphatic heterocycles. The van der Waals surface area contributed by atoms with Crippen LogP contribution in [0.1, 0.15) is 11.1 Å². The van der Waals surface area contributed by atoms with E-state index < -0.39 is 12.6 Å². The van der Waals surface area contributed by atoms with E-state index in [-0.39, 0.29) is 0 Å². The van der Waals surface area contributed by atoms with Crippen LogP contribution in [0.3, 0.4) is 0 Å². The molecule has 2 rings (SSSR count). The summed E-state index contributed by atoms with van der Waals surface area (Å²) in [5.74, 6) is 1.44. The number of hydrogen-bond donors (Lipinski definition) is 0. The van der Waals surface area contributed by atoms with Crippen molar-refractivity contribution in [3.05, 3.63) is 59.7 Å². The van der Waals surface area contributed by atoms with E-state index in [0.29, 0.717) is 26.4 Å². The van der Waals surface area contributed by atoms with Gasteiger partial charge in [0.15, 0.2) is 12.6 Å². The summed E-state index contributed by atoms with van der Waals surface area (Å²) in [6, 6.07) is 15.4. The van der Waals surface area contributed by atoms with E-state index in [0.717, 1.165) is 22.6 Å². The lowest BCUT2D eigenvalue weighted by Gasteiger charge is -2.16. The number of hydrogen-bond acceptors (Lipinski definition) is 7. The normalized spacial score (nSPS) is 13.2. The molecule has 29 heavy (non-hydrogen) atoms. The molecule has 0 N–H and O–H groups in total. The van der Waals surface area contributed by atoms with E-state index in [9.17, 15) is 0 Å². The highest BCUT2D eigenvalue weighted by Crippen LogP contribution is 2.24. The van der Waals surface area contributed by atoms with Gasteiger partial charge in [-0.1, -0.05) is 24.3 Å². The average Bonchev–Trinajstić information content (AvgIpc) is 2.74. The van der Waals surface area contributed by atoms with Crippen molar-refractivity contribution in [3.63, 3.8) is 0 Å². The summed E-state index contributed by atoms with van der Waals surface area (Å²) in [5.41, 5.74) is 1.95. The van der Waals surface area contributed by atoms with Crippen LogP contribution < -0.4 is 4.74 Å². The number of ether oxygens (including phenoxy) is 7. The van der Waals surface area contributed by atoms with Crippen molar-refractivity contribution in [1.29, 1.82) is 0 Å². The van der Waals surface area contributed by atoms with Crippen LogP contribution in [0.5, 0.6) is 11.5 Å². The predicted molar refractivity (Wildman–Crippen MR) is 108 cm³/mol. The van der Waals surface area contributed by atoms with Crippen molar-refractivity contribution in [3.8, 4) is 11.5 Å². The van der Waals surface area contributed by atoms with E-state index in [1.807, 2.05) is 48.5 Å². The van der Waals surface area contributed by atoms with E-state index >= 15 is 0 Å². The first-order valence-electron chi connectivity index (χ1n) is 9.31. The summed E-state index contributed by atoms with van der Waals surface area (Å²) >= 11 is 0. The molecular weight excluding hydrogens is 376 g/mol. The average molecular weight is 406 g/mol. The van der Waals surface area contributed by atoms with Gasteiger partial charge in [-0.25, -0.2) is 0 Å². The van der Waals surface area contributed by atoms with Gasteiger partial charge in [0.2, 0.25) is 0 Å². The van der Waals surface area contributed by atoms with Crippen molar-refractivity contribution in [1.82, 2.24) is 0 Å². The Morgan fingerprint density at radius 2 is 1.10 bits per heavy atom. The third-order valence-electron chi connectivity index (χ3n) is 4.04. The molecular formula is C22H30O7. The lowest BCUT2D eigenvalue weighted by molar-refractivity contribution is -0.158. The Balaban J connectivity index is 1.94. The highest BCUT2D eigenvalue weighted by molar-refractivity contribution is 5.35. The molecule has 0 fully saturated rings. The molecule has 0 bridgehead atoms. The van der Waals surface area contributed by atoms with E-state index in [2.05, 4.69) is 0 Å². The van der Waals surface area contributed by atoms with Gasteiger partial charge in [-0.3, -0.25) is 0 Å². The van der Waals surface area contributed by atoms with Crippen LogP contribution in [-0.4, -0.2) is 54.2 Å². The van der Waals surface area contributed by atoms with Crippen molar-refractivity contribution < 1.29 is 33.2 Å². The highest BCUT2D eigenvalue weighted by Gasteiger charge is 2.09. The SMILES string of the molecule is COCC(OC)OCc1cccc(Oc2cccc(COC(COC)OC)c2)c1. The van der Waals surface area contributed by atoms with Crippen molar-refractivity contribution >= 4 is 0 Å². The van der Waals surface area contributed by atoms with Crippen LogP contribution in [0.25, 0.3) is 0 Å². The summed E-state index contributed by atoms with van der Waals surface area (Å²) in [5, 5.41) is 0. The molecule has 0 saturated heterocycles. The van der Waals surface area contributed by atoms with Crippen LogP contribution in [0.2, 0.25) is 0 Å². The molecule has 0 amide bonds.